The number of rotatable bonds is 4. The lowest BCUT2D eigenvalue weighted by Gasteiger charge is -2.36. The number of hydroxylamine groups is 2. The zero-order valence-corrected chi connectivity index (χ0v) is 31.6. The van der Waals surface area contributed by atoms with Crippen LogP contribution in [-0.2, 0) is 22.6 Å². The molecule has 0 spiro atoms. The Bertz CT molecular complexity index is 1920. The van der Waals surface area contributed by atoms with Crippen molar-refractivity contribution in [3.05, 3.63) is 119 Å². The molecule has 2 atom stereocenters. The van der Waals surface area contributed by atoms with E-state index in [2.05, 4.69) is 9.97 Å². The summed E-state index contributed by atoms with van der Waals surface area (Å²) in [5.74, 6) is -0.217. The molecule has 304 valence electrons. The monoisotopic (exact) mass is 796 g/mol. The number of nitrogens with one attached hydrogen (secondary N) is 2. The van der Waals surface area contributed by atoms with Gasteiger partial charge >= 0.3 is 12.1 Å². The molecule has 0 radical (unpaired) electrons. The van der Waals surface area contributed by atoms with E-state index in [1.807, 2.05) is 24.3 Å². The first-order valence-corrected chi connectivity index (χ1v) is 18.8. The maximum Gasteiger partial charge on any atom is 0.321 e. The van der Waals surface area contributed by atoms with E-state index >= 15 is 0 Å². The number of morpholine rings is 2. The van der Waals surface area contributed by atoms with Gasteiger partial charge in [0.15, 0.2) is 0 Å². The second-order valence-electron chi connectivity index (χ2n) is 13.8. The molecule has 0 bridgehead atoms. The summed E-state index contributed by atoms with van der Waals surface area (Å²) in [5.41, 5.74) is 7.11. The van der Waals surface area contributed by atoms with Gasteiger partial charge in [-0.1, -0.05) is 24.3 Å². The second kappa shape index (κ2) is 18.7. The van der Waals surface area contributed by atoms with Crippen molar-refractivity contribution in [2.45, 2.75) is 25.2 Å². The predicted molar refractivity (Wildman–Crippen MR) is 203 cm³/mol. The van der Waals surface area contributed by atoms with Crippen molar-refractivity contribution in [3.8, 4) is 11.5 Å². The first-order chi connectivity index (χ1) is 28.3. The molecule has 0 aliphatic carbocycles. The van der Waals surface area contributed by atoms with Gasteiger partial charge in [0, 0.05) is 73.2 Å². The average Bonchev–Trinajstić information content (AvgIpc) is 3.61. The van der Waals surface area contributed by atoms with Crippen molar-refractivity contribution in [2.24, 2.45) is 0 Å². The molecule has 2 aromatic heterocycles. The van der Waals surface area contributed by atoms with Crippen LogP contribution in [-0.4, -0.2) is 130 Å². The minimum Gasteiger partial charge on any atom is -0.491 e. The molecule has 4 aliphatic rings. The molecular weight excluding hydrogens is 752 g/mol. The number of hydrogen-bond acceptors (Lipinski definition) is 12. The molecule has 58 heavy (non-hydrogen) atoms. The van der Waals surface area contributed by atoms with Gasteiger partial charge in [-0.05, 0) is 47.5 Å². The highest BCUT2D eigenvalue weighted by Crippen LogP contribution is 2.35. The van der Waals surface area contributed by atoms with Crippen LogP contribution in [0.25, 0.3) is 0 Å². The molecule has 4 N–H and O–H groups in total. The van der Waals surface area contributed by atoms with Crippen LogP contribution in [0.4, 0.5) is 9.59 Å². The second-order valence-corrected chi connectivity index (χ2v) is 13.8. The van der Waals surface area contributed by atoms with Crippen molar-refractivity contribution in [1.29, 1.82) is 0 Å². The van der Waals surface area contributed by atoms with Crippen LogP contribution < -0.4 is 20.4 Å². The third-order valence-electron chi connectivity index (χ3n) is 10.3. The highest BCUT2D eigenvalue weighted by atomic mass is 16.5. The number of nitrogens with zero attached hydrogens (tertiary/aromatic N) is 6. The molecule has 4 aliphatic heterocycles. The fraction of sp³-hybridized carbons (Fsp3) is 0.350. The summed E-state index contributed by atoms with van der Waals surface area (Å²) in [6.07, 6.45) is 6.83. The Morgan fingerprint density at radius 1 is 0.603 bits per heavy atom. The van der Waals surface area contributed by atoms with Crippen LogP contribution in [0.5, 0.6) is 11.5 Å². The minimum absolute atomic E-state index is 0.0872. The van der Waals surface area contributed by atoms with Crippen molar-refractivity contribution in [2.75, 3.05) is 65.8 Å². The third kappa shape index (κ3) is 9.10. The van der Waals surface area contributed by atoms with Crippen LogP contribution in [0.2, 0.25) is 0 Å². The number of aromatic nitrogens is 2. The maximum absolute atomic E-state index is 13.3. The van der Waals surface area contributed by atoms with Crippen LogP contribution in [0, 0.1) is 0 Å². The van der Waals surface area contributed by atoms with E-state index in [0.717, 1.165) is 22.3 Å². The van der Waals surface area contributed by atoms with Gasteiger partial charge in [0.2, 0.25) is 0 Å². The first kappa shape index (κ1) is 39.9. The Morgan fingerprint density at radius 2 is 1.02 bits per heavy atom. The number of benzene rings is 2. The molecule has 18 nitrogen and oxygen atoms in total. The summed E-state index contributed by atoms with van der Waals surface area (Å²) in [6, 6.07) is 16.5. The topological polar surface area (TPSA) is 208 Å². The van der Waals surface area contributed by atoms with Gasteiger partial charge < -0.3 is 38.5 Å². The van der Waals surface area contributed by atoms with E-state index in [1.165, 1.54) is 0 Å². The standard InChI is InChI=1S/2C20H22N4O5/c2*25-19(22-27)14-3-4-16-12-24(20(26)23-6-8-28-9-7-23)17(13-29-18(16)10-14)15-2-1-5-21-11-15/h2*1-5,10-11,17,27H,6-9,12-13H2,(H,22,25)/t2*17-/m10/s1. The summed E-state index contributed by atoms with van der Waals surface area (Å²) in [6.45, 7) is 5.32. The summed E-state index contributed by atoms with van der Waals surface area (Å²) in [7, 11) is 0. The largest absolute Gasteiger partial charge is 0.491 e. The van der Waals surface area contributed by atoms with E-state index in [-0.39, 0.29) is 48.5 Å². The van der Waals surface area contributed by atoms with Crippen LogP contribution in [0.3, 0.4) is 0 Å². The zero-order valence-electron chi connectivity index (χ0n) is 31.6. The summed E-state index contributed by atoms with van der Waals surface area (Å²) in [4.78, 5) is 65.7. The number of pyridine rings is 2. The number of fused-ring (bicyclic) bond motifs is 2. The van der Waals surface area contributed by atoms with E-state index in [0.29, 0.717) is 77.2 Å². The Labute approximate surface area is 333 Å². The Balaban J connectivity index is 0.000000177. The lowest BCUT2D eigenvalue weighted by atomic mass is 10.1. The molecule has 6 amide bonds. The fourth-order valence-corrected chi connectivity index (χ4v) is 7.13. The SMILES string of the molecule is O=C(NO)c1ccc2c(c1)OC[C@@H](c1cccnc1)N(C(=O)N1CCOCC1)C2.O=C(NO)c1ccc2c(c1)OC[C@H](c1cccnc1)N(C(=O)N1CCOCC1)C2. The van der Waals surface area contributed by atoms with Gasteiger partial charge in [0.05, 0.1) is 51.6 Å². The van der Waals surface area contributed by atoms with Gasteiger partial charge in [0.1, 0.15) is 24.7 Å². The first-order valence-electron chi connectivity index (χ1n) is 18.8. The van der Waals surface area contributed by atoms with Crippen molar-refractivity contribution < 1.29 is 48.5 Å². The van der Waals surface area contributed by atoms with Crippen LogP contribution in [0.15, 0.2) is 85.5 Å². The van der Waals surface area contributed by atoms with Crippen LogP contribution in [0.1, 0.15) is 55.1 Å². The highest BCUT2D eigenvalue weighted by molar-refractivity contribution is 5.94. The number of ether oxygens (including phenoxy) is 4. The predicted octanol–water partition coefficient (Wildman–Crippen LogP) is 3.18. The fourth-order valence-electron chi connectivity index (χ4n) is 7.13. The van der Waals surface area contributed by atoms with E-state index < -0.39 is 11.8 Å². The molecule has 4 aromatic rings. The maximum atomic E-state index is 13.3. The molecule has 2 saturated heterocycles. The molecule has 18 heteroatoms. The molecule has 0 unspecified atom stereocenters. The Hall–Kier alpha value is -6.34. The molecule has 2 fully saturated rings. The van der Waals surface area contributed by atoms with Gasteiger partial charge in [-0.2, -0.15) is 0 Å². The number of amides is 6. The van der Waals surface area contributed by atoms with E-state index in [4.69, 9.17) is 29.4 Å². The minimum atomic E-state index is -0.620. The van der Waals surface area contributed by atoms with Crippen molar-refractivity contribution in [1.82, 2.24) is 40.5 Å². The van der Waals surface area contributed by atoms with Gasteiger partial charge in [-0.3, -0.25) is 30.0 Å². The summed E-state index contributed by atoms with van der Waals surface area (Å²) in [5, 5.41) is 17.8. The smallest absolute Gasteiger partial charge is 0.321 e. The van der Waals surface area contributed by atoms with Crippen molar-refractivity contribution >= 4 is 23.9 Å². The Kier molecular flexibility index (Phi) is 12.9. The Morgan fingerprint density at radius 3 is 1.38 bits per heavy atom. The highest BCUT2D eigenvalue weighted by Gasteiger charge is 2.35. The lowest BCUT2D eigenvalue weighted by molar-refractivity contribution is 0.0361. The number of urea groups is 2. The van der Waals surface area contributed by atoms with Crippen molar-refractivity contribution in [3.63, 3.8) is 0 Å². The molecule has 2 aromatic carbocycles. The number of carbonyl (C=O) groups is 4. The van der Waals surface area contributed by atoms with Gasteiger partial charge in [-0.25, -0.2) is 20.5 Å². The molecule has 0 saturated carbocycles. The molecular formula is C40H44N8O10. The lowest BCUT2D eigenvalue weighted by Crippen LogP contribution is -2.49. The normalized spacial score (nSPS) is 19.0. The van der Waals surface area contributed by atoms with E-state index in [1.54, 1.807) is 91.7 Å². The van der Waals surface area contributed by atoms with E-state index in [9.17, 15) is 19.2 Å². The number of hydrogen-bond donors (Lipinski definition) is 4. The summed E-state index contributed by atoms with van der Waals surface area (Å²) >= 11 is 0. The number of carbonyl (C=O) groups excluding carboxylic acids is 4. The van der Waals surface area contributed by atoms with Gasteiger partial charge in [-0.15, -0.1) is 0 Å². The molecule has 8 rings (SSSR count). The summed E-state index contributed by atoms with van der Waals surface area (Å²) < 4.78 is 22.7. The molecule has 6 heterocycles. The third-order valence-corrected chi connectivity index (χ3v) is 10.3. The van der Waals surface area contributed by atoms with Gasteiger partial charge in [0.25, 0.3) is 11.8 Å². The average molecular weight is 797 g/mol. The quantitative estimate of drug-likeness (QED) is 0.174. The van der Waals surface area contributed by atoms with Crippen LogP contribution >= 0.6 is 0 Å². The zero-order chi connectivity index (χ0) is 40.4.